The molecule has 1 aliphatic carbocycles. The van der Waals surface area contributed by atoms with Gasteiger partial charge in [-0.2, -0.15) is 0 Å². The van der Waals surface area contributed by atoms with Crippen LogP contribution in [0.4, 0.5) is 0 Å². The van der Waals surface area contributed by atoms with Gasteiger partial charge in [-0.3, -0.25) is 0 Å². The van der Waals surface area contributed by atoms with E-state index in [1.165, 1.54) is 11.3 Å². The maximum atomic E-state index is 12.5. The fourth-order valence-electron chi connectivity index (χ4n) is 2.95. The summed E-state index contributed by atoms with van der Waals surface area (Å²) in [5.41, 5.74) is 0. The Balaban J connectivity index is 2.02. The van der Waals surface area contributed by atoms with Gasteiger partial charge >= 0.3 is 0 Å². The smallest absolute Gasteiger partial charge is 0.241 e. The minimum Gasteiger partial charge on any atom is -0.312 e. The van der Waals surface area contributed by atoms with Crippen LogP contribution in [0.15, 0.2) is 16.3 Å². The zero-order valence-electron chi connectivity index (χ0n) is 13.1. The van der Waals surface area contributed by atoms with E-state index in [2.05, 4.69) is 23.9 Å². The molecule has 120 valence electrons. The van der Waals surface area contributed by atoms with E-state index in [0.29, 0.717) is 16.7 Å². The number of hydrogen-bond donors (Lipinski definition) is 2. The van der Waals surface area contributed by atoms with E-state index in [4.69, 9.17) is 0 Å². The van der Waals surface area contributed by atoms with Crippen LogP contribution < -0.4 is 10.0 Å². The van der Waals surface area contributed by atoms with Gasteiger partial charge in [-0.25, -0.2) is 13.1 Å². The first-order valence-electron chi connectivity index (χ1n) is 7.72. The standard InChI is InChI=1S/C15H26N2O2S2/c1-4-16-9-13-8-14(10-20-13)21(18,19)17-15-6-5-11(2)7-12(15)3/h8,10-12,15-17H,4-7,9H2,1-3H3. The van der Waals surface area contributed by atoms with Gasteiger partial charge in [0.2, 0.25) is 10.0 Å². The first-order valence-corrected chi connectivity index (χ1v) is 10.1. The molecular weight excluding hydrogens is 304 g/mol. The monoisotopic (exact) mass is 330 g/mol. The van der Waals surface area contributed by atoms with Crippen molar-refractivity contribution < 1.29 is 8.42 Å². The lowest BCUT2D eigenvalue weighted by Crippen LogP contribution is -2.42. The zero-order chi connectivity index (χ0) is 15.5. The quantitative estimate of drug-likeness (QED) is 0.843. The summed E-state index contributed by atoms with van der Waals surface area (Å²) in [6, 6.07) is 1.86. The van der Waals surface area contributed by atoms with Crippen LogP contribution in [0.1, 0.15) is 44.9 Å². The number of hydrogen-bond acceptors (Lipinski definition) is 4. The van der Waals surface area contributed by atoms with Gasteiger partial charge in [0.05, 0.1) is 4.90 Å². The summed E-state index contributed by atoms with van der Waals surface area (Å²) < 4.78 is 27.9. The first kappa shape index (κ1) is 16.9. The Morgan fingerprint density at radius 1 is 1.33 bits per heavy atom. The molecule has 2 rings (SSSR count). The maximum Gasteiger partial charge on any atom is 0.241 e. The predicted octanol–water partition coefficient (Wildman–Crippen LogP) is 2.96. The van der Waals surface area contributed by atoms with Crippen molar-refractivity contribution in [1.29, 1.82) is 0 Å². The van der Waals surface area contributed by atoms with Crippen LogP contribution in [0, 0.1) is 11.8 Å². The number of rotatable bonds is 6. The second-order valence-corrected chi connectivity index (χ2v) is 8.86. The fraction of sp³-hybridized carbons (Fsp3) is 0.733. The van der Waals surface area contributed by atoms with Gasteiger partial charge in [-0.15, -0.1) is 11.3 Å². The summed E-state index contributed by atoms with van der Waals surface area (Å²) in [6.45, 7) is 8.04. The molecule has 0 amide bonds. The van der Waals surface area contributed by atoms with Crippen molar-refractivity contribution in [3.63, 3.8) is 0 Å². The summed E-state index contributed by atoms with van der Waals surface area (Å²) in [5, 5.41) is 4.96. The van der Waals surface area contributed by atoms with Crippen molar-refractivity contribution in [2.24, 2.45) is 11.8 Å². The number of thiophene rings is 1. The van der Waals surface area contributed by atoms with E-state index >= 15 is 0 Å². The Kier molecular flexibility index (Phi) is 5.82. The van der Waals surface area contributed by atoms with Crippen molar-refractivity contribution in [2.45, 2.75) is 57.5 Å². The Hall–Kier alpha value is -0.430. The molecule has 3 atom stereocenters. The van der Waals surface area contributed by atoms with E-state index in [9.17, 15) is 8.42 Å². The van der Waals surface area contributed by atoms with Gasteiger partial charge in [0.15, 0.2) is 0 Å². The predicted molar refractivity (Wildman–Crippen MR) is 88.0 cm³/mol. The van der Waals surface area contributed by atoms with E-state index < -0.39 is 10.0 Å². The van der Waals surface area contributed by atoms with Crippen molar-refractivity contribution in [2.75, 3.05) is 6.54 Å². The highest BCUT2D eigenvalue weighted by Gasteiger charge is 2.29. The molecule has 1 saturated carbocycles. The molecule has 3 unspecified atom stereocenters. The normalized spacial score (nSPS) is 26.9. The third-order valence-electron chi connectivity index (χ3n) is 4.23. The van der Waals surface area contributed by atoms with Gasteiger partial charge in [-0.1, -0.05) is 20.8 Å². The van der Waals surface area contributed by atoms with Crippen LogP contribution in [0.3, 0.4) is 0 Å². The molecule has 4 nitrogen and oxygen atoms in total. The summed E-state index contributed by atoms with van der Waals surface area (Å²) in [7, 11) is -3.38. The molecule has 1 heterocycles. The molecule has 0 aromatic carbocycles. The van der Waals surface area contributed by atoms with Crippen molar-refractivity contribution in [3.8, 4) is 0 Å². The topological polar surface area (TPSA) is 58.2 Å². The lowest BCUT2D eigenvalue weighted by Gasteiger charge is -2.32. The Morgan fingerprint density at radius 3 is 2.76 bits per heavy atom. The molecule has 2 N–H and O–H groups in total. The van der Waals surface area contributed by atoms with Crippen LogP contribution in [0.2, 0.25) is 0 Å². The highest BCUT2D eigenvalue weighted by molar-refractivity contribution is 7.89. The van der Waals surface area contributed by atoms with E-state index in [0.717, 1.165) is 37.2 Å². The van der Waals surface area contributed by atoms with Crippen molar-refractivity contribution in [3.05, 3.63) is 16.3 Å². The molecule has 1 aromatic rings. The number of sulfonamides is 1. The van der Waals surface area contributed by atoms with E-state index in [1.807, 2.05) is 6.92 Å². The van der Waals surface area contributed by atoms with Crippen LogP contribution in [0.5, 0.6) is 0 Å². The highest BCUT2D eigenvalue weighted by Crippen LogP contribution is 2.30. The summed E-state index contributed by atoms with van der Waals surface area (Å²) >= 11 is 1.50. The largest absolute Gasteiger partial charge is 0.312 e. The van der Waals surface area contributed by atoms with Gasteiger partial charge in [0, 0.05) is 22.8 Å². The third-order valence-corrected chi connectivity index (χ3v) is 6.78. The van der Waals surface area contributed by atoms with E-state index in [1.54, 1.807) is 11.4 Å². The minimum absolute atomic E-state index is 0.0725. The second-order valence-electron chi connectivity index (χ2n) is 6.15. The summed E-state index contributed by atoms with van der Waals surface area (Å²) in [6.07, 6.45) is 3.14. The minimum atomic E-state index is -3.38. The van der Waals surface area contributed by atoms with Gasteiger partial charge in [0.25, 0.3) is 0 Å². The molecule has 1 aliphatic rings. The molecule has 0 aliphatic heterocycles. The molecule has 1 fully saturated rings. The lowest BCUT2D eigenvalue weighted by atomic mass is 9.80. The third kappa shape index (κ3) is 4.52. The second kappa shape index (κ2) is 7.22. The van der Waals surface area contributed by atoms with Crippen LogP contribution in [-0.2, 0) is 16.6 Å². The molecule has 0 bridgehead atoms. The molecule has 0 spiro atoms. The molecule has 6 heteroatoms. The average Bonchev–Trinajstić information content (AvgIpc) is 2.89. The van der Waals surface area contributed by atoms with Crippen LogP contribution >= 0.6 is 11.3 Å². The summed E-state index contributed by atoms with van der Waals surface area (Å²) in [4.78, 5) is 1.47. The zero-order valence-corrected chi connectivity index (χ0v) is 14.7. The molecule has 21 heavy (non-hydrogen) atoms. The van der Waals surface area contributed by atoms with E-state index in [-0.39, 0.29) is 6.04 Å². The molecule has 0 saturated heterocycles. The summed E-state index contributed by atoms with van der Waals surface area (Å²) in [5.74, 6) is 1.11. The molecule has 0 radical (unpaired) electrons. The highest BCUT2D eigenvalue weighted by atomic mass is 32.2. The van der Waals surface area contributed by atoms with Gasteiger partial charge in [-0.05, 0) is 43.7 Å². The first-order chi connectivity index (χ1) is 9.92. The lowest BCUT2D eigenvalue weighted by molar-refractivity contribution is 0.249. The molecule has 1 aromatic heterocycles. The average molecular weight is 331 g/mol. The number of nitrogens with one attached hydrogen (secondary N) is 2. The van der Waals surface area contributed by atoms with Gasteiger partial charge in [0.1, 0.15) is 0 Å². The van der Waals surface area contributed by atoms with Crippen molar-refractivity contribution in [1.82, 2.24) is 10.0 Å². The maximum absolute atomic E-state index is 12.5. The Labute approximate surface area is 132 Å². The van der Waals surface area contributed by atoms with Gasteiger partial charge < -0.3 is 5.32 Å². The van der Waals surface area contributed by atoms with Crippen LogP contribution in [-0.4, -0.2) is 21.0 Å². The molecular formula is C15H26N2O2S2. The Morgan fingerprint density at radius 2 is 2.10 bits per heavy atom. The van der Waals surface area contributed by atoms with Crippen molar-refractivity contribution >= 4 is 21.4 Å². The Bertz CT molecular complexity index is 554. The van der Waals surface area contributed by atoms with Crippen LogP contribution in [0.25, 0.3) is 0 Å². The fourth-order valence-corrected chi connectivity index (χ4v) is 5.57. The SMILES string of the molecule is CCNCc1cc(S(=O)(=O)NC2CCC(C)CC2C)cs1.